The number of para-hydroxylation sites is 1. The quantitative estimate of drug-likeness (QED) is 0.691. The highest BCUT2D eigenvalue weighted by Crippen LogP contribution is 2.28. The van der Waals surface area contributed by atoms with Crippen LogP contribution in [0.3, 0.4) is 0 Å². The van der Waals surface area contributed by atoms with Gasteiger partial charge in [-0.3, -0.25) is 4.79 Å². The van der Waals surface area contributed by atoms with Crippen molar-refractivity contribution in [1.82, 2.24) is 5.32 Å². The van der Waals surface area contributed by atoms with Crippen LogP contribution in [-0.2, 0) is 11.3 Å². The first-order chi connectivity index (χ1) is 11.7. The molecule has 0 saturated heterocycles. The zero-order chi connectivity index (χ0) is 16.8. The summed E-state index contributed by atoms with van der Waals surface area (Å²) in [5.41, 5.74) is 0. The second-order valence-corrected chi connectivity index (χ2v) is 6.30. The van der Waals surface area contributed by atoms with Crippen LogP contribution in [0.5, 0.6) is 5.75 Å². The Balaban J connectivity index is 1.47. The molecule has 2 heterocycles. The summed E-state index contributed by atoms with van der Waals surface area (Å²) in [5, 5.41) is 13.0. The third-order valence-electron chi connectivity index (χ3n) is 3.34. The first-order valence-corrected chi connectivity index (χ1v) is 8.28. The normalized spacial score (nSPS) is 11.9. The fourth-order valence-electron chi connectivity index (χ4n) is 2.13. The number of rotatable bonds is 7. The van der Waals surface area contributed by atoms with Gasteiger partial charge in [0.15, 0.2) is 6.61 Å². The van der Waals surface area contributed by atoms with Gasteiger partial charge in [-0.1, -0.05) is 18.2 Å². The average Bonchev–Trinajstić information content (AvgIpc) is 3.30. The van der Waals surface area contributed by atoms with Gasteiger partial charge in [-0.15, -0.1) is 11.3 Å². The fraction of sp³-hybridized carbons (Fsp3) is 0.167. The number of aliphatic hydroxyl groups is 1. The highest BCUT2D eigenvalue weighted by Gasteiger charge is 2.15. The second-order valence-electron chi connectivity index (χ2n) is 5.10. The molecule has 24 heavy (non-hydrogen) atoms. The van der Waals surface area contributed by atoms with Crippen molar-refractivity contribution in [3.8, 4) is 5.75 Å². The number of carbonyl (C=O) groups is 1. The maximum Gasteiger partial charge on any atom is 0.258 e. The topological polar surface area (TPSA) is 71.7 Å². The SMILES string of the molecule is O=C(COc1ccccc1)NCc1ccc(C(O)c2ccco2)s1. The van der Waals surface area contributed by atoms with Crippen LogP contribution in [0, 0.1) is 0 Å². The summed E-state index contributed by atoms with van der Waals surface area (Å²) in [6, 6.07) is 16.4. The largest absolute Gasteiger partial charge is 0.484 e. The molecule has 124 valence electrons. The van der Waals surface area contributed by atoms with Gasteiger partial charge >= 0.3 is 0 Å². The Morgan fingerprint density at radius 1 is 1.17 bits per heavy atom. The minimum absolute atomic E-state index is 0.0305. The molecule has 0 aliphatic carbocycles. The number of benzene rings is 1. The molecule has 3 rings (SSSR count). The number of furan rings is 1. The molecule has 0 aliphatic rings. The smallest absolute Gasteiger partial charge is 0.258 e. The Hall–Kier alpha value is -2.57. The van der Waals surface area contributed by atoms with Gasteiger partial charge in [-0.2, -0.15) is 0 Å². The molecule has 0 fully saturated rings. The van der Waals surface area contributed by atoms with Gasteiger partial charge < -0.3 is 19.6 Å². The van der Waals surface area contributed by atoms with Crippen molar-refractivity contribution in [3.05, 3.63) is 76.4 Å². The van der Waals surface area contributed by atoms with Gasteiger partial charge in [-0.25, -0.2) is 0 Å². The number of carbonyl (C=O) groups excluding carboxylic acids is 1. The number of thiophene rings is 1. The zero-order valence-electron chi connectivity index (χ0n) is 12.8. The minimum Gasteiger partial charge on any atom is -0.484 e. The van der Waals surface area contributed by atoms with E-state index in [0.29, 0.717) is 18.1 Å². The minimum atomic E-state index is -0.782. The summed E-state index contributed by atoms with van der Waals surface area (Å²) in [4.78, 5) is 13.5. The lowest BCUT2D eigenvalue weighted by Crippen LogP contribution is -2.28. The summed E-state index contributed by atoms with van der Waals surface area (Å²) in [6.45, 7) is 0.365. The van der Waals surface area contributed by atoms with E-state index in [0.717, 1.165) is 9.75 Å². The second kappa shape index (κ2) is 7.81. The molecular formula is C18H17NO4S. The molecule has 1 amide bonds. The van der Waals surface area contributed by atoms with Crippen LogP contribution in [0.1, 0.15) is 21.6 Å². The van der Waals surface area contributed by atoms with Gasteiger partial charge in [0.25, 0.3) is 5.91 Å². The number of amides is 1. The predicted octanol–water partition coefficient (Wildman–Crippen LogP) is 3.12. The van der Waals surface area contributed by atoms with Crippen LogP contribution >= 0.6 is 11.3 Å². The Labute approximate surface area is 143 Å². The summed E-state index contributed by atoms with van der Waals surface area (Å²) >= 11 is 1.43. The van der Waals surface area contributed by atoms with E-state index in [4.69, 9.17) is 9.15 Å². The van der Waals surface area contributed by atoms with Gasteiger partial charge in [0.05, 0.1) is 12.8 Å². The van der Waals surface area contributed by atoms with E-state index in [1.54, 1.807) is 24.3 Å². The molecule has 3 aromatic rings. The molecule has 0 saturated carbocycles. The maximum atomic E-state index is 11.8. The van der Waals surface area contributed by atoms with E-state index in [-0.39, 0.29) is 12.5 Å². The molecule has 0 bridgehead atoms. The maximum absolute atomic E-state index is 11.8. The van der Waals surface area contributed by atoms with Crippen LogP contribution in [0.4, 0.5) is 0 Å². The molecule has 1 unspecified atom stereocenters. The monoisotopic (exact) mass is 343 g/mol. The number of ether oxygens (including phenoxy) is 1. The Morgan fingerprint density at radius 3 is 2.75 bits per heavy atom. The van der Waals surface area contributed by atoms with Crippen molar-refractivity contribution in [2.75, 3.05) is 6.61 Å². The molecule has 0 aliphatic heterocycles. The molecular weight excluding hydrogens is 326 g/mol. The summed E-state index contributed by atoms with van der Waals surface area (Å²) in [6.07, 6.45) is 0.746. The van der Waals surface area contributed by atoms with Crippen LogP contribution in [-0.4, -0.2) is 17.6 Å². The molecule has 2 aromatic heterocycles. The van der Waals surface area contributed by atoms with E-state index in [2.05, 4.69) is 5.32 Å². The Bertz CT molecular complexity index is 767. The van der Waals surface area contributed by atoms with Crippen molar-refractivity contribution < 1.29 is 19.1 Å². The predicted molar refractivity (Wildman–Crippen MR) is 90.9 cm³/mol. The average molecular weight is 343 g/mol. The molecule has 0 radical (unpaired) electrons. The molecule has 6 heteroatoms. The first-order valence-electron chi connectivity index (χ1n) is 7.47. The van der Waals surface area contributed by atoms with Crippen LogP contribution in [0.15, 0.2) is 65.3 Å². The molecule has 2 N–H and O–H groups in total. The third-order valence-corrected chi connectivity index (χ3v) is 4.48. The van der Waals surface area contributed by atoms with Crippen LogP contribution < -0.4 is 10.1 Å². The summed E-state index contributed by atoms with van der Waals surface area (Å²) in [5.74, 6) is 0.969. The summed E-state index contributed by atoms with van der Waals surface area (Å²) in [7, 11) is 0. The van der Waals surface area contributed by atoms with Crippen molar-refractivity contribution in [2.24, 2.45) is 0 Å². The fourth-order valence-corrected chi connectivity index (χ4v) is 3.07. The summed E-state index contributed by atoms with van der Waals surface area (Å²) < 4.78 is 10.6. The number of aliphatic hydroxyl groups excluding tert-OH is 1. The highest BCUT2D eigenvalue weighted by atomic mass is 32.1. The van der Waals surface area contributed by atoms with Crippen LogP contribution in [0.25, 0.3) is 0 Å². The number of nitrogens with one attached hydrogen (secondary N) is 1. The van der Waals surface area contributed by atoms with E-state index in [9.17, 15) is 9.90 Å². The van der Waals surface area contributed by atoms with Crippen molar-refractivity contribution in [1.29, 1.82) is 0 Å². The van der Waals surface area contributed by atoms with Gasteiger partial charge in [-0.05, 0) is 36.4 Å². The third kappa shape index (κ3) is 4.24. The van der Waals surface area contributed by atoms with Crippen molar-refractivity contribution in [2.45, 2.75) is 12.6 Å². The van der Waals surface area contributed by atoms with E-state index in [1.807, 2.05) is 30.3 Å². The van der Waals surface area contributed by atoms with E-state index >= 15 is 0 Å². The zero-order valence-corrected chi connectivity index (χ0v) is 13.7. The first kappa shape index (κ1) is 16.3. The van der Waals surface area contributed by atoms with Crippen molar-refractivity contribution >= 4 is 17.2 Å². The lowest BCUT2D eigenvalue weighted by molar-refractivity contribution is -0.123. The number of hydrogen-bond donors (Lipinski definition) is 2. The van der Waals surface area contributed by atoms with E-state index < -0.39 is 6.10 Å². The van der Waals surface area contributed by atoms with Crippen LogP contribution in [0.2, 0.25) is 0 Å². The van der Waals surface area contributed by atoms with Gasteiger partial charge in [0, 0.05) is 9.75 Å². The standard InChI is InChI=1S/C18H17NO4S/c20-17(12-23-13-5-2-1-3-6-13)19-11-14-8-9-16(24-14)18(21)15-7-4-10-22-15/h1-10,18,21H,11-12H2,(H,19,20). The Kier molecular flexibility index (Phi) is 5.30. The molecule has 5 nitrogen and oxygen atoms in total. The molecule has 1 aromatic carbocycles. The van der Waals surface area contributed by atoms with Gasteiger partial charge in [0.1, 0.15) is 17.6 Å². The Morgan fingerprint density at radius 2 is 2.00 bits per heavy atom. The van der Waals surface area contributed by atoms with Crippen molar-refractivity contribution in [3.63, 3.8) is 0 Å². The highest BCUT2D eigenvalue weighted by molar-refractivity contribution is 7.12. The molecule has 0 spiro atoms. The lowest BCUT2D eigenvalue weighted by Gasteiger charge is -2.06. The molecule has 1 atom stereocenters. The van der Waals surface area contributed by atoms with E-state index in [1.165, 1.54) is 17.6 Å². The van der Waals surface area contributed by atoms with Gasteiger partial charge in [0.2, 0.25) is 0 Å². The lowest BCUT2D eigenvalue weighted by atomic mass is 10.2. The number of hydrogen-bond acceptors (Lipinski definition) is 5.